The summed E-state index contributed by atoms with van der Waals surface area (Å²) in [7, 11) is 0. The summed E-state index contributed by atoms with van der Waals surface area (Å²) in [6.07, 6.45) is 10.8. The van der Waals surface area contributed by atoms with Gasteiger partial charge in [-0.15, -0.1) is 26.0 Å². The van der Waals surface area contributed by atoms with Crippen molar-refractivity contribution in [1.29, 1.82) is 0 Å². The van der Waals surface area contributed by atoms with Crippen molar-refractivity contribution < 1.29 is 0 Å². The first-order valence-electron chi connectivity index (χ1n) is 5.66. The van der Waals surface area contributed by atoms with Gasteiger partial charge in [-0.3, -0.25) is 0 Å². The lowest BCUT2D eigenvalue weighted by Crippen LogP contribution is -1.81. The average Bonchev–Trinajstić information content (AvgIpc) is 2.52. The lowest BCUT2D eigenvalue weighted by molar-refractivity contribution is 1.16. The minimum atomic E-state index is 1.11. The van der Waals surface area contributed by atoms with E-state index in [0.717, 1.165) is 6.42 Å². The molecule has 96 valence electrons. The van der Waals surface area contributed by atoms with Crippen molar-refractivity contribution in [2.45, 2.75) is 13.3 Å². The van der Waals surface area contributed by atoms with Crippen LogP contribution >= 0.6 is 12.6 Å². The molecule has 0 bridgehead atoms. The van der Waals surface area contributed by atoms with E-state index in [0.29, 0.717) is 0 Å². The maximum atomic E-state index is 4.00. The maximum Gasteiger partial charge on any atom is -0.0152 e. The second-order valence-electron chi connectivity index (χ2n) is 2.99. The van der Waals surface area contributed by atoms with Gasteiger partial charge in [0.05, 0.1) is 0 Å². The molecule has 0 N–H and O–H groups in total. The van der Waals surface area contributed by atoms with Crippen LogP contribution in [-0.4, -0.2) is 6.26 Å². The molecule has 0 radical (unpaired) electrons. The SMILES string of the molecule is C#C.C=C.CCc1cccc2ccccc12.CS. The fourth-order valence-corrected chi connectivity index (χ4v) is 1.60. The van der Waals surface area contributed by atoms with Crippen LogP contribution in [0.25, 0.3) is 10.8 Å². The summed E-state index contributed by atoms with van der Waals surface area (Å²) in [6.45, 7) is 8.20. The fraction of sp³-hybridized carbons (Fsp3) is 0.176. The molecule has 18 heavy (non-hydrogen) atoms. The zero-order valence-corrected chi connectivity index (χ0v) is 12.2. The smallest absolute Gasteiger partial charge is 0.0152 e. The summed E-state index contributed by atoms with van der Waals surface area (Å²) in [6, 6.07) is 15.0. The van der Waals surface area contributed by atoms with Gasteiger partial charge in [0, 0.05) is 0 Å². The van der Waals surface area contributed by atoms with E-state index in [9.17, 15) is 0 Å². The highest BCUT2D eigenvalue weighted by atomic mass is 32.1. The molecule has 2 aromatic carbocycles. The van der Waals surface area contributed by atoms with Crippen LogP contribution < -0.4 is 0 Å². The number of benzene rings is 2. The van der Waals surface area contributed by atoms with Gasteiger partial charge in [-0.1, -0.05) is 49.4 Å². The quantitative estimate of drug-likeness (QED) is 0.415. The molecule has 0 fully saturated rings. The van der Waals surface area contributed by atoms with E-state index in [-0.39, 0.29) is 0 Å². The van der Waals surface area contributed by atoms with Crippen LogP contribution in [0.3, 0.4) is 0 Å². The molecule has 0 saturated carbocycles. The monoisotopic (exact) mass is 258 g/mol. The molecule has 0 aromatic heterocycles. The van der Waals surface area contributed by atoms with E-state index in [1.165, 1.54) is 16.3 Å². The predicted molar refractivity (Wildman–Crippen MR) is 89.4 cm³/mol. The molecule has 1 heteroatoms. The van der Waals surface area contributed by atoms with E-state index < -0.39 is 0 Å². The molecule has 0 atom stereocenters. The van der Waals surface area contributed by atoms with Crippen molar-refractivity contribution in [3.63, 3.8) is 0 Å². The van der Waals surface area contributed by atoms with Crippen molar-refractivity contribution in [1.82, 2.24) is 0 Å². The molecular formula is C17H22S. The third-order valence-electron chi connectivity index (χ3n) is 2.26. The van der Waals surface area contributed by atoms with E-state index in [1.54, 1.807) is 6.26 Å². The van der Waals surface area contributed by atoms with Gasteiger partial charge < -0.3 is 0 Å². The first kappa shape index (κ1) is 18.7. The Bertz CT molecular complexity index is 438. The molecular weight excluding hydrogens is 236 g/mol. The number of hydrogen-bond acceptors (Lipinski definition) is 1. The highest BCUT2D eigenvalue weighted by Gasteiger charge is 1.95. The van der Waals surface area contributed by atoms with E-state index >= 15 is 0 Å². The highest BCUT2D eigenvalue weighted by Crippen LogP contribution is 2.18. The Balaban J connectivity index is 0. The standard InChI is InChI=1S/C12H12.C2H4.C2H2.CH4S/c1-2-10-7-5-8-11-6-3-4-9-12(10)11;3*1-2/h3-9H,2H2,1H3;1-2H2;1-2H;2H,1H3. The van der Waals surface area contributed by atoms with Crippen LogP contribution in [0.1, 0.15) is 12.5 Å². The van der Waals surface area contributed by atoms with Crippen LogP contribution in [0, 0.1) is 12.8 Å². The predicted octanol–water partition coefficient (Wildman–Crippen LogP) is 5.00. The van der Waals surface area contributed by atoms with Crippen LogP contribution in [0.15, 0.2) is 55.6 Å². The summed E-state index contributed by atoms with van der Waals surface area (Å²) in [5, 5.41) is 2.74. The van der Waals surface area contributed by atoms with E-state index in [1.807, 2.05) is 0 Å². The van der Waals surface area contributed by atoms with Crippen molar-refractivity contribution >= 4 is 23.4 Å². The molecule has 0 heterocycles. The molecule has 0 aliphatic heterocycles. The Morgan fingerprint density at radius 1 is 0.944 bits per heavy atom. The molecule has 0 unspecified atom stereocenters. The largest absolute Gasteiger partial charge is 0.183 e. The number of thiol groups is 1. The topological polar surface area (TPSA) is 0 Å². The van der Waals surface area contributed by atoms with Gasteiger partial charge >= 0.3 is 0 Å². The highest BCUT2D eigenvalue weighted by molar-refractivity contribution is 7.79. The number of hydrogen-bond donors (Lipinski definition) is 1. The minimum Gasteiger partial charge on any atom is -0.183 e. The van der Waals surface area contributed by atoms with Crippen LogP contribution in [0.5, 0.6) is 0 Å². The summed E-state index contributed by atoms with van der Waals surface area (Å²) in [5.41, 5.74) is 1.44. The van der Waals surface area contributed by atoms with Gasteiger partial charge in [0.1, 0.15) is 0 Å². The molecule has 0 saturated heterocycles. The molecule has 0 nitrogen and oxygen atoms in total. The Morgan fingerprint density at radius 3 is 2.00 bits per heavy atom. The molecule has 0 aliphatic rings. The number of terminal acetylenes is 1. The zero-order valence-electron chi connectivity index (χ0n) is 11.3. The fourth-order valence-electron chi connectivity index (χ4n) is 1.60. The third kappa shape index (κ3) is 5.61. The normalized spacial score (nSPS) is 7.61. The first-order chi connectivity index (χ1) is 8.92. The third-order valence-corrected chi connectivity index (χ3v) is 2.26. The lowest BCUT2D eigenvalue weighted by atomic mass is 10.0. The number of aryl methyl sites for hydroxylation is 1. The molecule has 0 aliphatic carbocycles. The van der Waals surface area contributed by atoms with Crippen LogP contribution in [0.2, 0.25) is 0 Å². The van der Waals surface area contributed by atoms with Crippen molar-refractivity contribution in [3.05, 3.63) is 61.2 Å². The zero-order chi connectivity index (χ0) is 14.4. The molecule has 2 aromatic rings. The maximum absolute atomic E-state index is 4.00. The summed E-state index contributed by atoms with van der Waals surface area (Å²) >= 11 is 3.53. The van der Waals surface area contributed by atoms with Gasteiger partial charge in [0.25, 0.3) is 0 Å². The second kappa shape index (κ2) is 13.4. The van der Waals surface area contributed by atoms with Crippen molar-refractivity contribution in [2.24, 2.45) is 0 Å². The number of rotatable bonds is 1. The average molecular weight is 258 g/mol. The Labute approximate surface area is 117 Å². The molecule has 0 amide bonds. The Hall–Kier alpha value is -1.65. The second-order valence-corrected chi connectivity index (χ2v) is 2.99. The molecule has 2 rings (SSSR count). The van der Waals surface area contributed by atoms with Gasteiger partial charge in [-0.05, 0) is 29.0 Å². The van der Waals surface area contributed by atoms with Crippen LogP contribution in [-0.2, 0) is 6.42 Å². The minimum absolute atomic E-state index is 1.11. The van der Waals surface area contributed by atoms with E-state index in [4.69, 9.17) is 0 Å². The lowest BCUT2D eigenvalue weighted by Gasteiger charge is -2.02. The molecule has 0 spiro atoms. The van der Waals surface area contributed by atoms with Crippen molar-refractivity contribution in [3.8, 4) is 12.8 Å². The van der Waals surface area contributed by atoms with E-state index in [2.05, 4.69) is 88.0 Å². The van der Waals surface area contributed by atoms with Crippen molar-refractivity contribution in [2.75, 3.05) is 6.26 Å². The Kier molecular flexibility index (Phi) is 13.9. The van der Waals surface area contributed by atoms with Gasteiger partial charge in [0.2, 0.25) is 0 Å². The summed E-state index contributed by atoms with van der Waals surface area (Å²) in [5.74, 6) is 0. The first-order valence-corrected chi connectivity index (χ1v) is 6.56. The number of fused-ring (bicyclic) bond motifs is 1. The summed E-state index contributed by atoms with van der Waals surface area (Å²) < 4.78 is 0. The van der Waals surface area contributed by atoms with Gasteiger partial charge in [-0.2, -0.15) is 12.6 Å². The van der Waals surface area contributed by atoms with Crippen LogP contribution in [0.4, 0.5) is 0 Å². The van der Waals surface area contributed by atoms with Gasteiger partial charge in [0.15, 0.2) is 0 Å². The summed E-state index contributed by atoms with van der Waals surface area (Å²) in [4.78, 5) is 0. The Morgan fingerprint density at radius 2 is 1.44 bits per heavy atom. The van der Waals surface area contributed by atoms with Gasteiger partial charge in [-0.25, -0.2) is 0 Å².